The molecule has 0 aliphatic carbocycles. The quantitative estimate of drug-likeness (QED) is 0.602. The monoisotopic (exact) mass is 432 g/mol. The van der Waals surface area contributed by atoms with Crippen molar-refractivity contribution < 1.29 is 8.95 Å². The number of ether oxygens (including phenoxy) is 1. The fourth-order valence-electron chi connectivity index (χ4n) is 3.26. The minimum atomic E-state index is -1.23. The molecule has 2 N–H and O–H groups in total. The summed E-state index contributed by atoms with van der Waals surface area (Å²) in [6.07, 6.45) is 2.66. The average molecular weight is 433 g/mol. The second-order valence-electron chi connectivity index (χ2n) is 8.01. The van der Waals surface area contributed by atoms with E-state index in [0.717, 1.165) is 25.1 Å². The Hall–Kier alpha value is -0.590. The molecular formula is C20H30Cl2N2O2S. The summed E-state index contributed by atoms with van der Waals surface area (Å²) in [7, 11) is -1.23. The first-order valence-corrected chi connectivity index (χ1v) is 11.2. The highest BCUT2D eigenvalue weighted by atomic mass is 35.5. The minimum Gasteiger partial charge on any atom is -0.489 e. The number of halogens is 2. The summed E-state index contributed by atoms with van der Waals surface area (Å²) in [5.74, 6) is 1.36. The van der Waals surface area contributed by atoms with Gasteiger partial charge in [-0.1, -0.05) is 42.8 Å². The van der Waals surface area contributed by atoms with Gasteiger partial charge in [-0.3, -0.25) is 0 Å². The normalized spacial score (nSPS) is 22.9. The van der Waals surface area contributed by atoms with Gasteiger partial charge in [0.15, 0.2) is 0 Å². The van der Waals surface area contributed by atoms with E-state index >= 15 is 0 Å². The standard InChI is InChI=1S/C20H30Cl2N2O2S/c1-6-9-26-18-11-17(22)16(21)10-15(18)19(24-27(25)20(3,4)5)14-7-8-23-12-13(14)2/h6,10-11,13-14,19,23-24H,1,7-9,12H2,2-5H3/t13?,14?,19-,27+/m1/s1. The summed E-state index contributed by atoms with van der Waals surface area (Å²) in [5.41, 5.74) is 0.891. The van der Waals surface area contributed by atoms with Crippen molar-refractivity contribution in [3.05, 3.63) is 40.4 Å². The third-order valence-corrected chi connectivity index (χ3v) is 7.12. The van der Waals surface area contributed by atoms with Crippen LogP contribution in [0.1, 0.15) is 45.7 Å². The third kappa shape index (κ3) is 5.94. The van der Waals surface area contributed by atoms with Crippen molar-refractivity contribution in [3.8, 4) is 5.75 Å². The number of nitrogens with one attached hydrogen (secondary N) is 2. The first-order valence-electron chi connectivity index (χ1n) is 9.26. The number of hydrogen-bond donors (Lipinski definition) is 2. The molecule has 1 aromatic carbocycles. The molecule has 27 heavy (non-hydrogen) atoms. The van der Waals surface area contributed by atoms with Crippen LogP contribution in [0.2, 0.25) is 10.0 Å². The molecule has 1 aliphatic rings. The lowest BCUT2D eigenvalue weighted by molar-refractivity contribution is 0.220. The molecular weight excluding hydrogens is 403 g/mol. The van der Waals surface area contributed by atoms with Gasteiger partial charge in [-0.15, -0.1) is 0 Å². The molecule has 0 radical (unpaired) electrons. The summed E-state index contributed by atoms with van der Waals surface area (Å²) < 4.78 is 21.8. The summed E-state index contributed by atoms with van der Waals surface area (Å²) in [5, 5.41) is 4.33. The van der Waals surface area contributed by atoms with Gasteiger partial charge < -0.3 is 10.1 Å². The summed E-state index contributed by atoms with van der Waals surface area (Å²) in [4.78, 5) is 0. The van der Waals surface area contributed by atoms with Gasteiger partial charge >= 0.3 is 0 Å². The Morgan fingerprint density at radius 2 is 2.07 bits per heavy atom. The SMILES string of the molecule is C=CCOc1cc(Cl)c(Cl)cc1[C@H](N[S@@](=O)C(C)(C)C)C1CCNCC1C. The predicted molar refractivity (Wildman–Crippen MR) is 116 cm³/mol. The van der Waals surface area contributed by atoms with Crippen molar-refractivity contribution in [2.45, 2.75) is 44.9 Å². The van der Waals surface area contributed by atoms with Gasteiger partial charge in [-0.25, -0.2) is 8.93 Å². The van der Waals surface area contributed by atoms with Crippen molar-refractivity contribution in [2.24, 2.45) is 11.8 Å². The average Bonchev–Trinajstić information content (AvgIpc) is 2.60. The minimum absolute atomic E-state index is 0.156. The lowest BCUT2D eigenvalue weighted by atomic mass is 9.79. The molecule has 1 fully saturated rings. The van der Waals surface area contributed by atoms with E-state index in [4.69, 9.17) is 27.9 Å². The van der Waals surface area contributed by atoms with Gasteiger partial charge in [-0.2, -0.15) is 0 Å². The van der Waals surface area contributed by atoms with Gasteiger partial charge in [-0.05, 0) is 58.2 Å². The molecule has 7 heteroatoms. The molecule has 4 nitrogen and oxygen atoms in total. The molecule has 2 unspecified atom stereocenters. The predicted octanol–water partition coefficient (Wildman–Crippen LogP) is 4.90. The Bertz CT molecular complexity index is 691. The van der Waals surface area contributed by atoms with E-state index in [1.165, 1.54) is 0 Å². The molecule has 0 spiro atoms. The van der Waals surface area contributed by atoms with Gasteiger partial charge in [0.1, 0.15) is 12.4 Å². The zero-order chi connectivity index (χ0) is 20.2. The van der Waals surface area contributed by atoms with Gasteiger partial charge in [0.25, 0.3) is 0 Å². The van der Waals surface area contributed by atoms with Crippen LogP contribution in [0.25, 0.3) is 0 Å². The van der Waals surface area contributed by atoms with E-state index in [9.17, 15) is 4.21 Å². The highest BCUT2D eigenvalue weighted by molar-refractivity contribution is 7.84. The van der Waals surface area contributed by atoms with Crippen LogP contribution in [0.5, 0.6) is 5.75 Å². The molecule has 0 saturated carbocycles. The molecule has 1 heterocycles. The number of piperidine rings is 1. The maximum Gasteiger partial charge on any atom is 0.126 e. The lowest BCUT2D eigenvalue weighted by Crippen LogP contribution is -2.45. The van der Waals surface area contributed by atoms with E-state index in [2.05, 4.69) is 23.5 Å². The van der Waals surface area contributed by atoms with Gasteiger partial charge in [0, 0.05) is 11.6 Å². The first kappa shape index (κ1) is 22.7. The van der Waals surface area contributed by atoms with E-state index in [1.807, 2.05) is 26.8 Å². The Kier molecular flexibility index (Phi) is 8.19. The first-order chi connectivity index (χ1) is 12.6. The summed E-state index contributed by atoms with van der Waals surface area (Å²) in [6.45, 7) is 14.0. The number of hydrogen-bond acceptors (Lipinski definition) is 3. The molecule has 0 amide bonds. The van der Waals surface area contributed by atoms with Crippen molar-refractivity contribution in [1.29, 1.82) is 0 Å². The fourth-order valence-corrected chi connectivity index (χ4v) is 4.48. The van der Waals surface area contributed by atoms with Crippen LogP contribution in [0.4, 0.5) is 0 Å². The fraction of sp³-hybridized carbons (Fsp3) is 0.600. The number of rotatable bonds is 7. The van der Waals surface area contributed by atoms with Crippen molar-refractivity contribution in [3.63, 3.8) is 0 Å². The summed E-state index contributed by atoms with van der Waals surface area (Å²) >= 11 is 12.6. The topological polar surface area (TPSA) is 50.4 Å². The Labute approximate surface area is 175 Å². The second kappa shape index (κ2) is 9.75. The largest absolute Gasteiger partial charge is 0.489 e. The highest BCUT2D eigenvalue weighted by Crippen LogP contribution is 2.41. The molecule has 1 saturated heterocycles. The van der Waals surface area contributed by atoms with Crippen molar-refractivity contribution >= 4 is 34.2 Å². The van der Waals surface area contributed by atoms with Gasteiger partial charge in [0.2, 0.25) is 0 Å². The van der Waals surface area contributed by atoms with Gasteiger partial charge in [0.05, 0.1) is 31.8 Å². The molecule has 152 valence electrons. The van der Waals surface area contributed by atoms with E-state index in [1.54, 1.807) is 12.1 Å². The van der Waals surface area contributed by atoms with Crippen LogP contribution < -0.4 is 14.8 Å². The molecule has 1 aliphatic heterocycles. The molecule has 1 aromatic rings. The third-order valence-electron chi connectivity index (χ3n) is 4.81. The Balaban J connectivity index is 2.49. The van der Waals surface area contributed by atoms with Crippen molar-refractivity contribution in [1.82, 2.24) is 10.0 Å². The van der Waals surface area contributed by atoms with Crippen LogP contribution in [0.15, 0.2) is 24.8 Å². The van der Waals surface area contributed by atoms with E-state index < -0.39 is 11.0 Å². The second-order valence-corrected chi connectivity index (χ2v) is 10.8. The Morgan fingerprint density at radius 1 is 1.41 bits per heavy atom. The van der Waals surface area contributed by atoms with Crippen LogP contribution in [-0.4, -0.2) is 28.7 Å². The Morgan fingerprint density at radius 3 is 2.67 bits per heavy atom. The van der Waals surface area contributed by atoms with Crippen LogP contribution in [0.3, 0.4) is 0 Å². The smallest absolute Gasteiger partial charge is 0.126 e. The maximum atomic E-state index is 12.9. The maximum absolute atomic E-state index is 12.9. The molecule has 0 aromatic heterocycles. The van der Waals surface area contributed by atoms with Crippen LogP contribution in [0, 0.1) is 11.8 Å². The highest BCUT2D eigenvalue weighted by Gasteiger charge is 2.35. The van der Waals surface area contributed by atoms with Crippen LogP contribution >= 0.6 is 23.2 Å². The van der Waals surface area contributed by atoms with Crippen LogP contribution in [-0.2, 0) is 11.0 Å². The molecule has 2 rings (SSSR count). The zero-order valence-corrected chi connectivity index (χ0v) is 18.8. The summed E-state index contributed by atoms with van der Waals surface area (Å²) in [6, 6.07) is 3.43. The molecule has 0 bridgehead atoms. The van der Waals surface area contributed by atoms with E-state index in [0.29, 0.717) is 34.2 Å². The molecule has 4 atom stereocenters. The van der Waals surface area contributed by atoms with E-state index in [-0.39, 0.29) is 10.8 Å². The lowest BCUT2D eigenvalue weighted by Gasteiger charge is -2.38. The number of benzene rings is 1. The zero-order valence-electron chi connectivity index (χ0n) is 16.5. The van der Waals surface area contributed by atoms with Crippen molar-refractivity contribution in [2.75, 3.05) is 19.7 Å².